The Morgan fingerprint density at radius 3 is 2.15 bits per heavy atom. The van der Waals surface area contributed by atoms with Gasteiger partial charge in [0.05, 0.1) is 31.3 Å². The Morgan fingerprint density at radius 1 is 0.951 bits per heavy atom. The summed E-state index contributed by atoms with van der Waals surface area (Å²) < 4.78 is 15.8. The number of ether oxygens (including phenoxy) is 3. The first-order valence-corrected chi connectivity index (χ1v) is 13.1. The van der Waals surface area contributed by atoms with Gasteiger partial charge in [-0.2, -0.15) is 5.26 Å². The van der Waals surface area contributed by atoms with Gasteiger partial charge in [0.2, 0.25) is 5.88 Å². The zero-order valence-electron chi connectivity index (χ0n) is 22.8. The van der Waals surface area contributed by atoms with Crippen LogP contribution in [0.4, 0.5) is 0 Å². The van der Waals surface area contributed by atoms with Gasteiger partial charge in [0.15, 0.2) is 0 Å². The Bertz CT molecular complexity index is 1600. The molecule has 3 aromatic carbocycles. The predicted molar refractivity (Wildman–Crippen MR) is 153 cm³/mol. The highest BCUT2D eigenvalue weighted by atomic mass is 16.5. The minimum atomic E-state index is -0.459. The maximum Gasteiger partial charge on any atom is 0.337 e. The van der Waals surface area contributed by atoms with Crippen LogP contribution in [-0.4, -0.2) is 44.1 Å². The summed E-state index contributed by atoms with van der Waals surface area (Å²) >= 11 is 0. The molecule has 1 unspecified atom stereocenters. The fraction of sp³-hybridized carbons (Fsp3) is 0.182. The zero-order chi connectivity index (χ0) is 28.9. The van der Waals surface area contributed by atoms with Gasteiger partial charge in [0.1, 0.15) is 17.4 Å². The van der Waals surface area contributed by atoms with E-state index in [1.165, 1.54) is 14.2 Å². The third kappa shape index (κ3) is 5.76. The van der Waals surface area contributed by atoms with Crippen molar-refractivity contribution in [3.8, 4) is 6.07 Å². The molecule has 0 aliphatic carbocycles. The maximum atomic E-state index is 12.0. The van der Waals surface area contributed by atoms with E-state index in [0.29, 0.717) is 42.1 Å². The molecular weight excluding hydrogens is 518 g/mol. The number of nitrogens with zero attached hydrogens (tertiary/aromatic N) is 2. The summed E-state index contributed by atoms with van der Waals surface area (Å²) in [7, 11) is 2.69. The standard InChI is InChI=1S/C33H29N3O5/c1-39-32(37)24-10-8-21(9-11-24)16-26-19-36(18-22-6-4-3-5-7-22)20-28-29(27(17-34)31(35)41-30(26)28)23-12-14-25(15-13-23)33(38)40-2/h3-16,29H,18-20,35H2,1-2H3/b26-16+. The SMILES string of the molecule is COC(=O)c1ccc(/C=C2\CN(Cc3ccccc3)CC3=C2OC(N)=C(C#N)C3c2ccc(C(=O)OC)cc2)cc1. The number of esters is 2. The van der Waals surface area contributed by atoms with Gasteiger partial charge in [0, 0.05) is 25.2 Å². The highest BCUT2D eigenvalue weighted by molar-refractivity contribution is 5.90. The van der Waals surface area contributed by atoms with Crippen molar-refractivity contribution in [3.63, 3.8) is 0 Å². The molecule has 2 N–H and O–H groups in total. The summed E-state index contributed by atoms with van der Waals surface area (Å²) in [6.07, 6.45) is 2.01. The molecule has 0 amide bonds. The molecule has 2 aliphatic heterocycles. The molecule has 3 aromatic rings. The van der Waals surface area contributed by atoms with Gasteiger partial charge in [-0.3, -0.25) is 4.90 Å². The van der Waals surface area contributed by atoms with Crippen LogP contribution in [0.15, 0.2) is 107 Å². The Hall–Kier alpha value is -5.13. The number of rotatable bonds is 6. The molecular formula is C33H29N3O5. The van der Waals surface area contributed by atoms with Crippen molar-refractivity contribution >= 4 is 18.0 Å². The molecule has 1 atom stereocenters. The van der Waals surface area contributed by atoms with Gasteiger partial charge in [-0.25, -0.2) is 9.59 Å². The second-order valence-corrected chi connectivity index (χ2v) is 9.81. The lowest BCUT2D eigenvalue weighted by Crippen LogP contribution is -2.37. The fourth-order valence-corrected chi connectivity index (χ4v) is 5.24. The van der Waals surface area contributed by atoms with E-state index >= 15 is 0 Å². The number of benzene rings is 3. The molecule has 8 heteroatoms. The van der Waals surface area contributed by atoms with Crippen molar-refractivity contribution < 1.29 is 23.8 Å². The van der Waals surface area contributed by atoms with Gasteiger partial charge < -0.3 is 19.9 Å². The lowest BCUT2D eigenvalue weighted by atomic mass is 9.80. The third-order valence-electron chi connectivity index (χ3n) is 7.19. The second-order valence-electron chi connectivity index (χ2n) is 9.81. The normalized spacial score (nSPS) is 17.9. The van der Waals surface area contributed by atoms with Crippen LogP contribution < -0.4 is 5.73 Å². The van der Waals surface area contributed by atoms with Crippen LogP contribution in [0, 0.1) is 11.3 Å². The van der Waals surface area contributed by atoms with Gasteiger partial charge in [-0.15, -0.1) is 0 Å². The largest absolute Gasteiger partial charge is 0.465 e. The van der Waals surface area contributed by atoms with E-state index in [9.17, 15) is 14.9 Å². The molecule has 206 valence electrons. The lowest BCUT2D eigenvalue weighted by molar-refractivity contribution is 0.0592. The quantitative estimate of drug-likeness (QED) is 0.433. The Kier molecular flexibility index (Phi) is 7.99. The maximum absolute atomic E-state index is 12.0. The number of allylic oxidation sites excluding steroid dienone is 1. The Labute approximate surface area is 238 Å². The monoisotopic (exact) mass is 547 g/mol. The topological polar surface area (TPSA) is 115 Å². The molecule has 0 spiro atoms. The van der Waals surface area contributed by atoms with Crippen LogP contribution in [-0.2, 0) is 20.8 Å². The number of methoxy groups -OCH3 is 2. The summed E-state index contributed by atoms with van der Waals surface area (Å²) in [5.74, 6) is -0.616. The summed E-state index contributed by atoms with van der Waals surface area (Å²) in [6, 6.07) is 26.6. The second kappa shape index (κ2) is 11.9. The first kappa shape index (κ1) is 27.4. The molecule has 0 saturated heterocycles. The smallest absolute Gasteiger partial charge is 0.337 e. The first-order valence-electron chi connectivity index (χ1n) is 13.1. The molecule has 0 radical (unpaired) electrons. The number of nitriles is 1. The number of carbonyl (C=O) groups excluding carboxylic acids is 2. The molecule has 41 heavy (non-hydrogen) atoms. The van der Waals surface area contributed by atoms with E-state index in [1.807, 2.05) is 48.5 Å². The van der Waals surface area contributed by atoms with Gasteiger partial charge in [-0.1, -0.05) is 54.6 Å². The molecule has 5 rings (SSSR count). The number of nitrogens with two attached hydrogens (primary N) is 1. The van der Waals surface area contributed by atoms with Crippen LogP contribution >= 0.6 is 0 Å². The molecule has 0 bridgehead atoms. The summed E-state index contributed by atoms with van der Waals surface area (Å²) in [5.41, 5.74) is 12.2. The highest BCUT2D eigenvalue weighted by Crippen LogP contribution is 2.44. The van der Waals surface area contributed by atoms with Crippen molar-refractivity contribution in [3.05, 3.63) is 135 Å². The van der Waals surface area contributed by atoms with E-state index in [0.717, 1.165) is 27.8 Å². The van der Waals surface area contributed by atoms with Gasteiger partial charge in [0.25, 0.3) is 0 Å². The van der Waals surface area contributed by atoms with Crippen molar-refractivity contribution in [2.45, 2.75) is 12.5 Å². The highest BCUT2D eigenvalue weighted by Gasteiger charge is 2.38. The Morgan fingerprint density at radius 2 is 1.56 bits per heavy atom. The Balaban J connectivity index is 1.59. The van der Waals surface area contributed by atoms with Crippen LogP contribution in [0.3, 0.4) is 0 Å². The molecule has 0 saturated carbocycles. The van der Waals surface area contributed by atoms with Crippen molar-refractivity contribution in [1.82, 2.24) is 4.90 Å². The summed E-state index contributed by atoms with van der Waals surface area (Å²) in [4.78, 5) is 26.2. The van der Waals surface area contributed by atoms with Gasteiger partial charge >= 0.3 is 11.9 Å². The van der Waals surface area contributed by atoms with Crippen LogP contribution in [0.5, 0.6) is 0 Å². The van der Waals surface area contributed by atoms with Crippen LogP contribution in [0.1, 0.15) is 43.3 Å². The molecule has 2 heterocycles. The van der Waals surface area contributed by atoms with Crippen LogP contribution in [0.2, 0.25) is 0 Å². The number of hydrogen-bond acceptors (Lipinski definition) is 8. The zero-order valence-corrected chi connectivity index (χ0v) is 22.8. The van der Waals surface area contributed by atoms with Crippen molar-refractivity contribution in [2.75, 3.05) is 27.3 Å². The minimum absolute atomic E-state index is 0.0525. The third-order valence-corrected chi connectivity index (χ3v) is 7.19. The number of carbonyl (C=O) groups is 2. The van der Waals surface area contributed by atoms with Crippen molar-refractivity contribution in [1.29, 1.82) is 5.26 Å². The minimum Gasteiger partial charge on any atom is -0.465 e. The van der Waals surface area contributed by atoms with Gasteiger partial charge in [-0.05, 0) is 52.6 Å². The van der Waals surface area contributed by atoms with E-state index in [-0.39, 0.29) is 5.88 Å². The average molecular weight is 548 g/mol. The molecule has 0 fully saturated rings. The van der Waals surface area contributed by atoms with Crippen LogP contribution in [0.25, 0.3) is 6.08 Å². The summed E-state index contributed by atoms with van der Waals surface area (Å²) in [5, 5.41) is 10.1. The van der Waals surface area contributed by atoms with E-state index in [2.05, 4.69) is 23.1 Å². The van der Waals surface area contributed by atoms with E-state index < -0.39 is 17.9 Å². The van der Waals surface area contributed by atoms with Crippen molar-refractivity contribution in [2.24, 2.45) is 5.73 Å². The summed E-state index contributed by atoms with van der Waals surface area (Å²) in [6.45, 7) is 1.81. The molecule has 8 nitrogen and oxygen atoms in total. The van der Waals surface area contributed by atoms with E-state index in [4.69, 9.17) is 19.9 Å². The molecule has 0 aromatic heterocycles. The fourth-order valence-electron chi connectivity index (χ4n) is 5.24. The lowest BCUT2D eigenvalue weighted by Gasteiger charge is -2.38. The average Bonchev–Trinajstić information content (AvgIpc) is 3.01. The number of hydrogen-bond donors (Lipinski definition) is 1. The molecule has 2 aliphatic rings. The predicted octanol–water partition coefficient (Wildman–Crippen LogP) is 4.92. The first-order chi connectivity index (χ1) is 19.9. The van der Waals surface area contributed by atoms with E-state index in [1.54, 1.807) is 24.3 Å².